The third-order valence-electron chi connectivity index (χ3n) is 5.51. The molecule has 4 N–H and O–H groups in total. The van der Waals surface area contributed by atoms with Crippen molar-refractivity contribution in [2.24, 2.45) is 0 Å². The van der Waals surface area contributed by atoms with Gasteiger partial charge in [-0.25, -0.2) is 15.0 Å². The van der Waals surface area contributed by atoms with Crippen LogP contribution in [0, 0.1) is 0 Å². The molecule has 1 aromatic carbocycles. The first-order valence-electron chi connectivity index (χ1n) is 9.25. The number of benzene rings is 1. The molecule has 3 heterocycles. The number of hydrogen-bond acceptors (Lipinski definition) is 8. The predicted octanol–water partition coefficient (Wildman–Crippen LogP) is 0.212. The molecule has 9 heteroatoms. The van der Waals surface area contributed by atoms with Gasteiger partial charge in [-0.2, -0.15) is 0 Å². The highest BCUT2D eigenvalue weighted by molar-refractivity contribution is 5.81. The van der Waals surface area contributed by atoms with E-state index in [1.54, 1.807) is 4.57 Å². The molecule has 1 saturated heterocycles. The standard InChI is InChI=1S/C19H21N5O4/c20-17-14-18(22-8-21-17)24(9-23-14)19-16(26)15(25)13(28-19)7-27-12-5-10-3-1-2-4-11(10)6-12/h1-4,8-9,12-13,15-16,19,25-26H,5-7H2,(H2,20,21,22)/t13-,15-,16-,19-/m1/s1. The van der Waals surface area contributed by atoms with Crippen LogP contribution in [-0.4, -0.2) is 60.8 Å². The van der Waals surface area contributed by atoms with Crippen molar-refractivity contribution in [3.8, 4) is 0 Å². The highest BCUT2D eigenvalue weighted by Crippen LogP contribution is 2.33. The first kappa shape index (κ1) is 17.5. The molecule has 1 aliphatic heterocycles. The predicted molar refractivity (Wildman–Crippen MR) is 99.2 cm³/mol. The molecule has 0 spiro atoms. The average molecular weight is 383 g/mol. The molecule has 2 aliphatic rings. The SMILES string of the molecule is Nc1ncnc2c1ncn2[C@@H]1O[C@H](COC2Cc3ccccc3C2)[C@@H](O)[C@H]1O. The van der Waals surface area contributed by atoms with Crippen LogP contribution in [0.1, 0.15) is 17.4 Å². The number of aromatic nitrogens is 4. The summed E-state index contributed by atoms with van der Waals surface area (Å²) in [7, 11) is 0. The van der Waals surface area contributed by atoms with Gasteiger partial charge < -0.3 is 25.4 Å². The summed E-state index contributed by atoms with van der Waals surface area (Å²) in [4.78, 5) is 12.3. The van der Waals surface area contributed by atoms with Crippen molar-refractivity contribution in [1.82, 2.24) is 19.5 Å². The fraction of sp³-hybridized carbons (Fsp3) is 0.421. The molecule has 9 nitrogen and oxygen atoms in total. The number of nitrogens with two attached hydrogens (primary N) is 1. The molecule has 5 rings (SSSR count). The van der Waals surface area contributed by atoms with Gasteiger partial charge in [-0.1, -0.05) is 24.3 Å². The van der Waals surface area contributed by atoms with Crippen molar-refractivity contribution in [3.05, 3.63) is 48.0 Å². The lowest BCUT2D eigenvalue weighted by molar-refractivity contribution is -0.0791. The van der Waals surface area contributed by atoms with Crippen molar-refractivity contribution >= 4 is 17.0 Å². The summed E-state index contributed by atoms with van der Waals surface area (Å²) in [6, 6.07) is 8.27. The Morgan fingerprint density at radius 2 is 1.86 bits per heavy atom. The number of hydrogen-bond donors (Lipinski definition) is 3. The normalized spacial score (nSPS) is 27.5. The third-order valence-corrected chi connectivity index (χ3v) is 5.51. The molecule has 1 aliphatic carbocycles. The minimum absolute atomic E-state index is 0.0472. The Morgan fingerprint density at radius 1 is 1.11 bits per heavy atom. The summed E-state index contributed by atoms with van der Waals surface area (Å²) >= 11 is 0. The summed E-state index contributed by atoms with van der Waals surface area (Å²) in [5, 5.41) is 21.0. The zero-order chi connectivity index (χ0) is 19.3. The van der Waals surface area contributed by atoms with E-state index in [2.05, 4.69) is 27.1 Å². The van der Waals surface area contributed by atoms with Gasteiger partial charge in [0.05, 0.1) is 19.0 Å². The molecule has 0 unspecified atom stereocenters. The van der Waals surface area contributed by atoms with E-state index in [1.807, 2.05) is 12.1 Å². The monoisotopic (exact) mass is 383 g/mol. The van der Waals surface area contributed by atoms with E-state index in [9.17, 15) is 10.2 Å². The Hall–Kier alpha value is -2.59. The van der Waals surface area contributed by atoms with E-state index in [0.717, 1.165) is 12.8 Å². The fourth-order valence-corrected chi connectivity index (χ4v) is 4.02. The number of fused-ring (bicyclic) bond motifs is 2. The van der Waals surface area contributed by atoms with Crippen LogP contribution in [-0.2, 0) is 22.3 Å². The number of rotatable bonds is 4. The molecule has 0 bridgehead atoms. The second-order valence-corrected chi connectivity index (χ2v) is 7.26. The summed E-state index contributed by atoms with van der Waals surface area (Å²) in [5.74, 6) is 0.248. The zero-order valence-electron chi connectivity index (χ0n) is 15.0. The number of nitrogen functional groups attached to an aromatic ring is 1. The minimum Gasteiger partial charge on any atom is -0.387 e. The topological polar surface area (TPSA) is 129 Å². The number of anilines is 1. The van der Waals surface area contributed by atoms with Crippen LogP contribution < -0.4 is 5.73 Å². The average Bonchev–Trinajstić information content (AvgIpc) is 3.38. The maximum Gasteiger partial charge on any atom is 0.167 e. The molecular formula is C19H21N5O4. The highest BCUT2D eigenvalue weighted by atomic mass is 16.6. The Labute approximate surface area is 160 Å². The summed E-state index contributed by atoms with van der Waals surface area (Å²) in [5.41, 5.74) is 9.26. The lowest BCUT2D eigenvalue weighted by Crippen LogP contribution is -2.35. The number of aliphatic hydroxyl groups excluding tert-OH is 2. The van der Waals surface area contributed by atoms with Gasteiger partial charge in [-0.05, 0) is 24.0 Å². The smallest absolute Gasteiger partial charge is 0.167 e. The van der Waals surface area contributed by atoms with Crippen LogP contribution in [0.25, 0.3) is 11.2 Å². The van der Waals surface area contributed by atoms with Gasteiger partial charge in [0.2, 0.25) is 0 Å². The third kappa shape index (κ3) is 2.83. The van der Waals surface area contributed by atoms with Crippen LogP contribution in [0.4, 0.5) is 5.82 Å². The molecule has 0 radical (unpaired) electrons. The lowest BCUT2D eigenvalue weighted by Gasteiger charge is -2.18. The van der Waals surface area contributed by atoms with Crippen LogP contribution in [0.5, 0.6) is 0 Å². The first-order chi connectivity index (χ1) is 13.6. The van der Waals surface area contributed by atoms with E-state index < -0.39 is 24.5 Å². The minimum atomic E-state index is -1.14. The molecule has 0 amide bonds. The van der Waals surface area contributed by atoms with E-state index in [4.69, 9.17) is 15.2 Å². The molecular weight excluding hydrogens is 362 g/mol. The molecule has 146 valence electrons. The molecule has 1 fully saturated rings. The summed E-state index contributed by atoms with van der Waals surface area (Å²) in [6.45, 7) is 0.192. The van der Waals surface area contributed by atoms with Crippen molar-refractivity contribution in [1.29, 1.82) is 0 Å². The van der Waals surface area contributed by atoms with Crippen LogP contribution in [0.3, 0.4) is 0 Å². The summed E-state index contributed by atoms with van der Waals surface area (Å²) in [6.07, 6.45) is 0.836. The second kappa shape index (κ2) is 6.78. The number of ether oxygens (including phenoxy) is 2. The van der Waals surface area contributed by atoms with Crippen molar-refractivity contribution in [2.75, 3.05) is 12.3 Å². The number of nitrogens with zero attached hydrogens (tertiary/aromatic N) is 4. The second-order valence-electron chi connectivity index (χ2n) is 7.26. The number of aliphatic hydroxyl groups is 2. The maximum absolute atomic E-state index is 10.5. The quantitative estimate of drug-likeness (QED) is 0.583. The molecule has 28 heavy (non-hydrogen) atoms. The van der Waals surface area contributed by atoms with Gasteiger partial charge in [-0.15, -0.1) is 0 Å². The maximum atomic E-state index is 10.5. The van der Waals surface area contributed by atoms with Gasteiger partial charge in [0.25, 0.3) is 0 Å². The highest BCUT2D eigenvalue weighted by Gasteiger charge is 2.44. The Kier molecular flexibility index (Phi) is 4.24. The first-order valence-corrected chi connectivity index (χ1v) is 9.25. The van der Waals surface area contributed by atoms with E-state index in [-0.39, 0.29) is 18.5 Å². The molecule has 3 aromatic rings. The van der Waals surface area contributed by atoms with Gasteiger partial charge >= 0.3 is 0 Å². The fourth-order valence-electron chi connectivity index (χ4n) is 4.02. The van der Waals surface area contributed by atoms with E-state index in [0.29, 0.717) is 11.2 Å². The zero-order valence-corrected chi connectivity index (χ0v) is 15.0. The molecule has 0 saturated carbocycles. The van der Waals surface area contributed by atoms with Crippen LogP contribution in [0.2, 0.25) is 0 Å². The Morgan fingerprint density at radius 3 is 2.61 bits per heavy atom. The van der Waals surface area contributed by atoms with E-state index in [1.165, 1.54) is 23.8 Å². The van der Waals surface area contributed by atoms with Crippen LogP contribution in [0.15, 0.2) is 36.9 Å². The van der Waals surface area contributed by atoms with Crippen molar-refractivity contribution in [2.45, 2.75) is 43.5 Å². The summed E-state index contributed by atoms with van der Waals surface area (Å²) < 4.78 is 13.5. The lowest BCUT2D eigenvalue weighted by atomic mass is 10.1. The Bertz CT molecular complexity index is 984. The molecule has 4 atom stereocenters. The number of imidazole rings is 1. The van der Waals surface area contributed by atoms with E-state index >= 15 is 0 Å². The Balaban J connectivity index is 1.28. The van der Waals surface area contributed by atoms with Crippen molar-refractivity contribution < 1.29 is 19.7 Å². The largest absolute Gasteiger partial charge is 0.387 e. The van der Waals surface area contributed by atoms with Gasteiger partial charge in [0.1, 0.15) is 30.2 Å². The van der Waals surface area contributed by atoms with Gasteiger partial charge in [-0.3, -0.25) is 4.57 Å². The van der Waals surface area contributed by atoms with Gasteiger partial charge in [0, 0.05) is 0 Å². The van der Waals surface area contributed by atoms with Gasteiger partial charge in [0.15, 0.2) is 17.7 Å². The van der Waals surface area contributed by atoms with Crippen molar-refractivity contribution in [3.63, 3.8) is 0 Å². The van der Waals surface area contributed by atoms with Crippen LogP contribution >= 0.6 is 0 Å². The molecule has 2 aromatic heterocycles.